The molecule has 0 aliphatic carbocycles. The highest BCUT2D eigenvalue weighted by Crippen LogP contribution is 2.38. The molecule has 2 aliphatic heterocycles. The van der Waals surface area contributed by atoms with Gasteiger partial charge >= 0.3 is 12.0 Å². The number of ether oxygens (including phenoxy) is 1. The molecule has 0 spiro atoms. The van der Waals surface area contributed by atoms with Crippen LogP contribution in [0.15, 0.2) is 24.3 Å². The van der Waals surface area contributed by atoms with Crippen molar-refractivity contribution in [3.05, 3.63) is 35.4 Å². The van der Waals surface area contributed by atoms with Crippen LogP contribution in [0, 0.1) is 5.92 Å². The summed E-state index contributed by atoms with van der Waals surface area (Å²) in [4.78, 5) is 49.8. The van der Waals surface area contributed by atoms with Gasteiger partial charge in [0.1, 0.15) is 6.10 Å². The standard InChI is InChI=1S/C14H12N2O5/c1-15-11(17)9(12(18)16(2)14(15)20)10-7-5-3-4-6-8(7)13(19)21-10/h3-6,9-10H,1-2H3. The minimum atomic E-state index is -1.23. The maximum atomic E-state index is 12.3. The molecule has 3 rings (SSSR count). The van der Waals surface area contributed by atoms with Crippen LogP contribution in [0.2, 0.25) is 0 Å². The number of imide groups is 2. The number of nitrogens with zero attached hydrogens (tertiary/aromatic N) is 2. The smallest absolute Gasteiger partial charge is 0.339 e. The molecule has 2 heterocycles. The molecule has 0 radical (unpaired) electrons. The van der Waals surface area contributed by atoms with Crippen LogP contribution in [0.3, 0.4) is 0 Å². The van der Waals surface area contributed by atoms with Crippen molar-refractivity contribution in [2.45, 2.75) is 6.10 Å². The van der Waals surface area contributed by atoms with Crippen LogP contribution >= 0.6 is 0 Å². The predicted molar refractivity (Wildman–Crippen MR) is 69.0 cm³/mol. The van der Waals surface area contributed by atoms with Gasteiger partial charge in [-0.25, -0.2) is 9.59 Å². The molecular weight excluding hydrogens is 276 g/mol. The first-order valence-electron chi connectivity index (χ1n) is 6.32. The molecule has 0 saturated carbocycles. The number of amides is 4. The summed E-state index contributed by atoms with van der Waals surface area (Å²) in [5, 5.41) is 0. The normalized spacial score (nSPS) is 22.7. The molecule has 7 nitrogen and oxygen atoms in total. The number of hydrogen-bond donors (Lipinski definition) is 0. The van der Waals surface area contributed by atoms with Gasteiger partial charge in [0.25, 0.3) is 0 Å². The summed E-state index contributed by atoms with van der Waals surface area (Å²) in [5.41, 5.74) is 0.829. The monoisotopic (exact) mass is 288 g/mol. The van der Waals surface area contributed by atoms with Crippen LogP contribution < -0.4 is 0 Å². The second-order valence-corrected chi connectivity index (χ2v) is 4.97. The second kappa shape index (κ2) is 4.41. The predicted octanol–water partition coefficient (Wildman–Crippen LogP) is 0.565. The number of urea groups is 1. The van der Waals surface area contributed by atoms with E-state index < -0.39 is 35.8 Å². The van der Waals surface area contributed by atoms with Crippen LogP contribution in [0.4, 0.5) is 4.79 Å². The minimum Gasteiger partial charge on any atom is -0.452 e. The third kappa shape index (κ3) is 1.74. The Morgan fingerprint density at radius 1 is 0.952 bits per heavy atom. The maximum absolute atomic E-state index is 12.3. The Hall–Kier alpha value is -2.70. The fourth-order valence-corrected chi connectivity index (χ4v) is 2.62. The summed E-state index contributed by atoms with van der Waals surface area (Å²) in [7, 11) is 2.59. The van der Waals surface area contributed by atoms with Gasteiger partial charge in [-0.2, -0.15) is 0 Å². The molecule has 0 aromatic heterocycles. The molecule has 0 bridgehead atoms. The zero-order valence-corrected chi connectivity index (χ0v) is 11.4. The Morgan fingerprint density at radius 3 is 2.14 bits per heavy atom. The molecule has 1 aromatic rings. The molecule has 2 aliphatic rings. The zero-order valence-electron chi connectivity index (χ0n) is 11.4. The van der Waals surface area contributed by atoms with E-state index in [4.69, 9.17) is 4.74 Å². The number of fused-ring (bicyclic) bond motifs is 1. The molecule has 21 heavy (non-hydrogen) atoms. The summed E-state index contributed by atoms with van der Waals surface area (Å²) < 4.78 is 5.20. The summed E-state index contributed by atoms with van der Waals surface area (Å²) >= 11 is 0. The van der Waals surface area contributed by atoms with E-state index in [1.807, 2.05) is 0 Å². The number of barbiturate groups is 1. The van der Waals surface area contributed by atoms with Gasteiger partial charge in [0, 0.05) is 19.7 Å². The number of cyclic esters (lactones) is 1. The lowest BCUT2D eigenvalue weighted by molar-refractivity contribution is -0.152. The lowest BCUT2D eigenvalue weighted by atomic mass is 9.91. The average molecular weight is 288 g/mol. The van der Waals surface area contributed by atoms with Crippen LogP contribution in [0.25, 0.3) is 0 Å². The van der Waals surface area contributed by atoms with Gasteiger partial charge in [-0.05, 0) is 6.07 Å². The molecule has 4 amide bonds. The fraction of sp³-hybridized carbons (Fsp3) is 0.286. The molecular formula is C14H12N2O5. The summed E-state index contributed by atoms with van der Waals surface area (Å²) in [6.07, 6.45) is -0.994. The maximum Gasteiger partial charge on any atom is 0.339 e. The molecule has 108 valence electrons. The summed E-state index contributed by atoms with van der Waals surface area (Å²) in [6, 6.07) is 5.90. The highest BCUT2D eigenvalue weighted by atomic mass is 16.5. The molecule has 1 unspecified atom stereocenters. The van der Waals surface area contributed by atoms with E-state index in [1.165, 1.54) is 14.1 Å². The SMILES string of the molecule is CN1C(=O)C(C2OC(=O)c3ccccc32)C(=O)N(C)C1=O. The Bertz CT molecular complexity index is 660. The molecule has 1 saturated heterocycles. The molecule has 7 heteroatoms. The first kappa shape index (κ1) is 13.3. The first-order valence-corrected chi connectivity index (χ1v) is 6.32. The fourth-order valence-electron chi connectivity index (χ4n) is 2.62. The number of hydrogen-bond acceptors (Lipinski definition) is 5. The summed E-state index contributed by atoms with van der Waals surface area (Å²) in [5.74, 6) is -3.14. The third-order valence-electron chi connectivity index (χ3n) is 3.79. The average Bonchev–Trinajstić information content (AvgIpc) is 2.81. The molecule has 0 N–H and O–H groups in total. The van der Waals surface area contributed by atoms with Crippen molar-refractivity contribution in [2.24, 2.45) is 5.92 Å². The highest BCUT2D eigenvalue weighted by molar-refractivity contribution is 6.16. The van der Waals surface area contributed by atoms with Gasteiger partial charge in [0.2, 0.25) is 11.8 Å². The quantitative estimate of drug-likeness (QED) is 0.557. The lowest BCUT2D eigenvalue weighted by Gasteiger charge is -2.34. The Morgan fingerprint density at radius 2 is 1.52 bits per heavy atom. The van der Waals surface area contributed by atoms with E-state index in [0.29, 0.717) is 11.1 Å². The number of benzene rings is 1. The first-order chi connectivity index (χ1) is 9.93. The number of carbonyl (C=O) groups excluding carboxylic acids is 4. The van der Waals surface area contributed by atoms with Crippen molar-refractivity contribution in [2.75, 3.05) is 14.1 Å². The van der Waals surface area contributed by atoms with Crippen molar-refractivity contribution in [1.82, 2.24) is 9.80 Å². The van der Waals surface area contributed by atoms with Crippen LogP contribution in [-0.4, -0.2) is 47.7 Å². The van der Waals surface area contributed by atoms with Gasteiger partial charge in [-0.3, -0.25) is 19.4 Å². The van der Waals surface area contributed by atoms with Crippen molar-refractivity contribution < 1.29 is 23.9 Å². The van der Waals surface area contributed by atoms with E-state index >= 15 is 0 Å². The van der Waals surface area contributed by atoms with Crippen LogP contribution in [0.5, 0.6) is 0 Å². The second-order valence-electron chi connectivity index (χ2n) is 4.97. The van der Waals surface area contributed by atoms with Crippen LogP contribution in [0.1, 0.15) is 22.0 Å². The summed E-state index contributed by atoms with van der Waals surface area (Å²) in [6.45, 7) is 0. The molecule has 1 fully saturated rings. The van der Waals surface area contributed by atoms with Crippen molar-refractivity contribution >= 4 is 23.8 Å². The highest BCUT2D eigenvalue weighted by Gasteiger charge is 2.51. The van der Waals surface area contributed by atoms with Crippen molar-refractivity contribution in [3.8, 4) is 0 Å². The van der Waals surface area contributed by atoms with Crippen molar-refractivity contribution in [1.29, 1.82) is 0 Å². The van der Waals surface area contributed by atoms with E-state index in [-0.39, 0.29) is 0 Å². The number of carbonyl (C=O) groups is 4. The van der Waals surface area contributed by atoms with Crippen LogP contribution in [-0.2, 0) is 14.3 Å². The van der Waals surface area contributed by atoms with E-state index in [0.717, 1.165) is 9.80 Å². The van der Waals surface area contributed by atoms with Gasteiger partial charge in [-0.15, -0.1) is 0 Å². The van der Waals surface area contributed by atoms with Gasteiger partial charge < -0.3 is 4.74 Å². The lowest BCUT2D eigenvalue weighted by Crippen LogP contribution is -2.58. The van der Waals surface area contributed by atoms with E-state index in [2.05, 4.69) is 0 Å². The van der Waals surface area contributed by atoms with Gasteiger partial charge in [-0.1, -0.05) is 18.2 Å². The molecule has 1 aromatic carbocycles. The van der Waals surface area contributed by atoms with Gasteiger partial charge in [0.15, 0.2) is 5.92 Å². The number of rotatable bonds is 1. The van der Waals surface area contributed by atoms with E-state index in [1.54, 1.807) is 24.3 Å². The number of esters is 1. The zero-order chi connectivity index (χ0) is 15.3. The Labute approximate surface area is 120 Å². The Kier molecular flexibility index (Phi) is 2.79. The van der Waals surface area contributed by atoms with Crippen molar-refractivity contribution in [3.63, 3.8) is 0 Å². The third-order valence-corrected chi connectivity index (χ3v) is 3.79. The topological polar surface area (TPSA) is 84.0 Å². The molecule has 1 atom stereocenters. The minimum absolute atomic E-state index is 0.338. The Balaban J connectivity index is 2.05. The largest absolute Gasteiger partial charge is 0.452 e. The van der Waals surface area contributed by atoms with Gasteiger partial charge in [0.05, 0.1) is 5.56 Å². The van der Waals surface area contributed by atoms with E-state index in [9.17, 15) is 19.2 Å².